The van der Waals surface area contributed by atoms with Crippen molar-refractivity contribution in [3.8, 4) is 5.75 Å². The number of nitrogens with zero attached hydrogens (tertiary/aromatic N) is 1. The monoisotopic (exact) mass is 344 g/mol. The minimum absolute atomic E-state index is 0.0799. The normalized spacial score (nSPS) is 10.2. The Morgan fingerprint density at radius 2 is 1.92 bits per heavy atom. The number of benzene rings is 2. The van der Waals surface area contributed by atoms with E-state index in [-0.39, 0.29) is 24.8 Å². The fourth-order valence-corrected chi connectivity index (χ4v) is 2.41. The summed E-state index contributed by atoms with van der Waals surface area (Å²) in [5.41, 5.74) is 1.00. The van der Waals surface area contributed by atoms with Crippen molar-refractivity contribution in [2.24, 2.45) is 0 Å². The molecule has 0 spiro atoms. The number of carbonyl (C=O) groups is 2. The lowest BCUT2D eigenvalue weighted by molar-refractivity contribution is -0.117. The molecule has 2 rings (SSSR count). The van der Waals surface area contributed by atoms with E-state index in [1.807, 2.05) is 13.0 Å². The maximum Gasteiger partial charge on any atom is 0.226 e. The molecule has 0 atom stereocenters. The molecule has 2 aromatic rings. The summed E-state index contributed by atoms with van der Waals surface area (Å²) >= 11 is 0. The van der Waals surface area contributed by atoms with Crippen molar-refractivity contribution in [1.29, 1.82) is 0 Å². The number of anilines is 2. The highest BCUT2D eigenvalue weighted by molar-refractivity contribution is 5.95. The first-order valence-corrected chi connectivity index (χ1v) is 8.06. The molecule has 0 radical (unpaired) electrons. The van der Waals surface area contributed by atoms with Gasteiger partial charge in [0.05, 0.1) is 12.3 Å². The van der Waals surface area contributed by atoms with Gasteiger partial charge >= 0.3 is 0 Å². The Kier molecular flexibility index (Phi) is 6.51. The smallest absolute Gasteiger partial charge is 0.226 e. The van der Waals surface area contributed by atoms with Crippen molar-refractivity contribution in [2.75, 3.05) is 23.4 Å². The van der Waals surface area contributed by atoms with Crippen LogP contribution < -0.4 is 15.0 Å². The molecule has 25 heavy (non-hydrogen) atoms. The van der Waals surface area contributed by atoms with Crippen molar-refractivity contribution >= 4 is 23.2 Å². The van der Waals surface area contributed by atoms with E-state index in [2.05, 4.69) is 5.32 Å². The lowest BCUT2D eigenvalue weighted by Gasteiger charge is -2.23. The van der Waals surface area contributed by atoms with Crippen molar-refractivity contribution in [2.45, 2.75) is 20.3 Å². The van der Waals surface area contributed by atoms with E-state index in [0.29, 0.717) is 23.7 Å². The molecule has 132 valence electrons. The average molecular weight is 344 g/mol. The molecule has 0 aliphatic rings. The highest BCUT2D eigenvalue weighted by Crippen LogP contribution is 2.28. The van der Waals surface area contributed by atoms with Gasteiger partial charge in [-0.3, -0.25) is 9.59 Å². The molecule has 5 nitrogen and oxygen atoms in total. The van der Waals surface area contributed by atoms with E-state index < -0.39 is 5.82 Å². The van der Waals surface area contributed by atoms with Crippen molar-refractivity contribution in [3.05, 3.63) is 54.3 Å². The van der Waals surface area contributed by atoms with Gasteiger partial charge in [0.1, 0.15) is 11.6 Å². The standard InChI is InChI=1S/C19H21FN2O3/c1-3-25-18-10-5-4-9-17(18)22(14(2)23)12-11-19(24)21-16-8-6-7-15(20)13-16/h4-10,13H,3,11-12H2,1-2H3,(H,21,24). The van der Waals surface area contributed by atoms with Crippen LogP contribution in [0.15, 0.2) is 48.5 Å². The molecule has 0 aliphatic heterocycles. The number of ether oxygens (including phenoxy) is 1. The van der Waals surface area contributed by atoms with E-state index >= 15 is 0 Å². The van der Waals surface area contributed by atoms with E-state index in [0.717, 1.165) is 0 Å². The first-order chi connectivity index (χ1) is 12.0. The summed E-state index contributed by atoms with van der Waals surface area (Å²) < 4.78 is 18.7. The Morgan fingerprint density at radius 1 is 1.16 bits per heavy atom. The number of hydrogen-bond donors (Lipinski definition) is 1. The maximum absolute atomic E-state index is 13.2. The summed E-state index contributed by atoms with van der Waals surface area (Å²) in [6, 6.07) is 12.9. The lowest BCUT2D eigenvalue weighted by atomic mass is 10.2. The van der Waals surface area contributed by atoms with Crippen molar-refractivity contribution < 1.29 is 18.7 Å². The fraction of sp³-hybridized carbons (Fsp3) is 0.263. The number of nitrogens with one attached hydrogen (secondary N) is 1. The Hall–Kier alpha value is -2.89. The van der Waals surface area contributed by atoms with Crippen molar-refractivity contribution in [3.63, 3.8) is 0 Å². The zero-order valence-corrected chi connectivity index (χ0v) is 14.3. The molecule has 0 unspecified atom stereocenters. The second-order valence-corrected chi connectivity index (χ2v) is 5.38. The summed E-state index contributed by atoms with van der Waals surface area (Å²) in [5.74, 6) is -0.323. The predicted octanol–water partition coefficient (Wildman–Crippen LogP) is 3.61. The number of halogens is 1. The van der Waals surface area contributed by atoms with Crippen LogP contribution in [-0.4, -0.2) is 25.0 Å². The van der Waals surface area contributed by atoms with Crippen LogP contribution in [-0.2, 0) is 9.59 Å². The van der Waals surface area contributed by atoms with Gasteiger partial charge in [0.25, 0.3) is 0 Å². The van der Waals surface area contributed by atoms with Gasteiger partial charge in [0, 0.05) is 25.6 Å². The Bertz CT molecular complexity index is 749. The largest absolute Gasteiger partial charge is 0.492 e. The van der Waals surface area contributed by atoms with Crippen LogP contribution in [0.3, 0.4) is 0 Å². The number of rotatable bonds is 7. The second-order valence-electron chi connectivity index (χ2n) is 5.38. The van der Waals surface area contributed by atoms with Crippen LogP contribution >= 0.6 is 0 Å². The molecule has 2 aromatic carbocycles. The summed E-state index contributed by atoms with van der Waals surface area (Å²) in [5, 5.41) is 2.62. The minimum atomic E-state index is -0.422. The third-order valence-corrected chi connectivity index (χ3v) is 3.51. The fourth-order valence-electron chi connectivity index (χ4n) is 2.41. The van der Waals surface area contributed by atoms with Gasteiger partial charge in [0.2, 0.25) is 11.8 Å². The number of para-hydroxylation sites is 2. The van der Waals surface area contributed by atoms with E-state index in [9.17, 15) is 14.0 Å². The van der Waals surface area contributed by atoms with Crippen LogP contribution in [0.25, 0.3) is 0 Å². The zero-order valence-electron chi connectivity index (χ0n) is 14.3. The molecule has 0 fully saturated rings. The highest BCUT2D eigenvalue weighted by atomic mass is 19.1. The molecule has 0 aromatic heterocycles. The molecule has 2 amide bonds. The topological polar surface area (TPSA) is 58.6 Å². The SMILES string of the molecule is CCOc1ccccc1N(CCC(=O)Nc1cccc(F)c1)C(C)=O. The summed E-state index contributed by atoms with van der Waals surface area (Å²) in [7, 11) is 0. The Labute approximate surface area is 146 Å². The third-order valence-electron chi connectivity index (χ3n) is 3.51. The summed E-state index contributed by atoms with van der Waals surface area (Å²) in [4.78, 5) is 25.6. The predicted molar refractivity (Wildman–Crippen MR) is 95.3 cm³/mol. The van der Waals surface area contributed by atoms with Gasteiger partial charge in [-0.15, -0.1) is 0 Å². The van der Waals surface area contributed by atoms with Gasteiger partial charge in [-0.1, -0.05) is 18.2 Å². The number of carbonyl (C=O) groups excluding carboxylic acids is 2. The molecule has 0 aliphatic carbocycles. The zero-order chi connectivity index (χ0) is 18.2. The quantitative estimate of drug-likeness (QED) is 0.835. The number of hydrogen-bond acceptors (Lipinski definition) is 3. The molecule has 0 saturated carbocycles. The van der Waals surface area contributed by atoms with E-state index in [1.54, 1.807) is 24.3 Å². The second kappa shape index (κ2) is 8.82. The van der Waals surface area contributed by atoms with Crippen LogP contribution in [0.4, 0.5) is 15.8 Å². The van der Waals surface area contributed by atoms with Crippen LogP contribution in [0.2, 0.25) is 0 Å². The first kappa shape index (κ1) is 18.4. The molecule has 0 bridgehead atoms. The van der Waals surface area contributed by atoms with E-state index in [4.69, 9.17) is 4.74 Å². The van der Waals surface area contributed by atoms with Crippen molar-refractivity contribution in [1.82, 2.24) is 0 Å². The molecule has 6 heteroatoms. The van der Waals surface area contributed by atoms with Crippen LogP contribution in [0.5, 0.6) is 5.75 Å². The average Bonchev–Trinajstić information content (AvgIpc) is 2.56. The number of amides is 2. The Balaban J connectivity index is 2.05. The molecular formula is C19H21FN2O3. The first-order valence-electron chi connectivity index (χ1n) is 8.06. The maximum atomic E-state index is 13.2. The van der Waals surface area contributed by atoms with Crippen LogP contribution in [0, 0.1) is 5.82 Å². The van der Waals surface area contributed by atoms with Gasteiger partial charge in [-0.25, -0.2) is 4.39 Å². The minimum Gasteiger partial charge on any atom is -0.492 e. The molecule has 0 saturated heterocycles. The summed E-state index contributed by atoms with van der Waals surface area (Å²) in [6.07, 6.45) is 0.0799. The molecule has 0 heterocycles. The van der Waals surface area contributed by atoms with Gasteiger partial charge in [-0.05, 0) is 37.3 Å². The van der Waals surface area contributed by atoms with Gasteiger partial charge in [0.15, 0.2) is 0 Å². The van der Waals surface area contributed by atoms with E-state index in [1.165, 1.54) is 30.0 Å². The molecular weight excluding hydrogens is 323 g/mol. The van der Waals surface area contributed by atoms with Gasteiger partial charge in [-0.2, -0.15) is 0 Å². The lowest BCUT2D eigenvalue weighted by Crippen LogP contribution is -2.32. The Morgan fingerprint density at radius 3 is 2.60 bits per heavy atom. The van der Waals surface area contributed by atoms with Gasteiger partial charge < -0.3 is 15.0 Å². The summed E-state index contributed by atoms with van der Waals surface area (Å²) in [6.45, 7) is 3.97. The molecule has 1 N–H and O–H groups in total. The highest BCUT2D eigenvalue weighted by Gasteiger charge is 2.17. The van der Waals surface area contributed by atoms with Crippen LogP contribution in [0.1, 0.15) is 20.3 Å². The third kappa shape index (κ3) is 5.31.